The SMILES string of the molecule is C.COc1ccc(Cn2nc(N[C@@H]3CCN(C(=O)/C=C/CN(C)C4CC4)C3)c3c(Oc4ccc(OCc5cn[nH]n5)cc4)cccc32)cc1.COc1ccc(Cn2nc(N[C@@H]3CCN(C(=O)/C=C/CN(C)C4CC4)C3)c3c(Oc4ccc(OCc5cnnn5COC(=O)C(C)(C)C)cc4)cccc32)cc1.O=CC(F)(F)F.[Na+].[OH-]. The van der Waals surface area contributed by atoms with E-state index in [1.165, 1.54) is 30.4 Å². The maximum absolute atomic E-state index is 13.1. The third-order valence-electron chi connectivity index (χ3n) is 18.9. The van der Waals surface area contributed by atoms with Crippen LogP contribution in [-0.4, -0.2) is 197 Å². The smallest absolute Gasteiger partial charge is 0.870 e. The van der Waals surface area contributed by atoms with Crippen LogP contribution in [0.4, 0.5) is 24.8 Å². The number of carbonyl (C=O) groups excluding carboxylic acids is 4. The zero-order chi connectivity index (χ0) is 77.3. The second kappa shape index (κ2) is 40.1. The molecule has 4 N–H and O–H groups in total. The summed E-state index contributed by atoms with van der Waals surface area (Å²) in [5, 5.41) is 37.6. The number of rotatable bonds is 30. The predicted octanol–water partition coefficient (Wildman–Crippen LogP) is 9.72. The fourth-order valence-electron chi connectivity index (χ4n) is 12.4. The molecule has 6 aromatic carbocycles. The molecule has 14 rings (SSSR count). The number of aldehydes is 1. The summed E-state index contributed by atoms with van der Waals surface area (Å²) in [7, 11) is 7.54. The Morgan fingerprint density at radius 3 is 1.43 bits per heavy atom. The van der Waals surface area contributed by atoms with E-state index in [4.69, 9.17) is 48.1 Å². The van der Waals surface area contributed by atoms with Crippen LogP contribution in [0.3, 0.4) is 0 Å². The van der Waals surface area contributed by atoms with Gasteiger partial charge in [0.2, 0.25) is 18.1 Å². The normalized spacial score (nSPS) is 15.3. The number of aromatic nitrogens is 10. The first-order valence-corrected chi connectivity index (χ1v) is 36.5. The van der Waals surface area contributed by atoms with Crippen LogP contribution < -0.4 is 68.6 Å². The fraction of sp³-hybridized carbons (Fsp3) is 0.383. The summed E-state index contributed by atoms with van der Waals surface area (Å²) in [5.74, 6) is 6.72. The molecule has 2 aliphatic carbocycles. The number of halogens is 3. The quantitative estimate of drug-likeness (QED) is 0.0163. The number of amides is 2. The molecular weight excluding hydrogens is 1470 g/mol. The van der Waals surface area contributed by atoms with Crippen molar-refractivity contribution >= 4 is 57.5 Å². The number of hydrogen-bond acceptors (Lipinski definition) is 22. The van der Waals surface area contributed by atoms with Crippen molar-refractivity contribution in [1.29, 1.82) is 0 Å². The van der Waals surface area contributed by atoms with E-state index in [0.717, 1.165) is 81.9 Å². The Morgan fingerprint density at radius 1 is 0.593 bits per heavy atom. The Kier molecular flexibility index (Phi) is 30.6. The number of carbonyl (C=O) groups is 4. The Bertz CT molecular complexity index is 4780. The standard InChI is InChI=1S/C42H50N8O6.C36H40N8O4.C2HF3O.CH4.Na.H2O/c1-42(2,3)41(52)55-28-50-32(24-43-46-50)27-54-34-17-19-35(20-18-34)56-37-9-6-8-36-39(37)40(45-49(36)25-29-11-15-33(53-5)16-12-29)44-30-21-23-48(26-30)38(51)10-7-22-47(4)31-13-14-31;1-42(28-10-11-28)19-4-7-34(45)43-20-18-26(23-43)38-36-35-32(44(40-36)22-25-8-12-29(46-2)13-9-25)5-3-6-33(35)48-31-16-14-30(15-17-31)47-24-27-21-37-41-39-27;3-2(4,5)1-6;;;/h6-12,15-20,24,30-31H,13-14,21-23,25-28H2,1-5H3,(H,44,45);3-9,12-17,21,26,28H,10-11,18-20,22-24H2,1-2H3,(H,38,40)(H,37,39,41);1H;1H4;;1H2/q;;;;+1;/p-1/b10-7+;7-4+;;;;/t30-;26-;;;;/m11..../s1. The topological polar surface area (TPSA) is 308 Å². The summed E-state index contributed by atoms with van der Waals surface area (Å²) in [6, 6.07) is 44.1. The van der Waals surface area contributed by atoms with E-state index in [2.05, 4.69) is 66.3 Å². The third kappa shape index (κ3) is 24.3. The number of aromatic amines is 1. The van der Waals surface area contributed by atoms with E-state index in [1.807, 2.05) is 159 Å². The number of ether oxygens (including phenoxy) is 7. The van der Waals surface area contributed by atoms with Crippen molar-refractivity contribution in [3.8, 4) is 46.0 Å². The van der Waals surface area contributed by atoms with Crippen molar-refractivity contribution in [3.05, 3.63) is 193 Å². The van der Waals surface area contributed by atoms with Crippen molar-refractivity contribution in [2.75, 3.05) is 78.2 Å². The summed E-state index contributed by atoms with van der Waals surface area (Å²) in [6.07, 6.45) is 11.5. The summed E-state index contributed by atoms with van der Waals surface area (Å²) in [6.45, 7) is 11.1. The van der Waals surface area contributed by atoms with Gasteiger partial charge in [0.05, 0.1) is 72.6 Å². The first kappa shape index (κ1) is 86.2. The molecule has 32 heteroatoms. The Hall–Kier alpha value is -10.8. The molecule has 113 heavy (non-hydrogen) atoms. The summed E-state index contributed by atoms with van der Waals surface area (Å²) < 4.78 is 77.6. The van der Waals surface area contributed by atoms with Crippen molar-refractivity contribution in [3.63, 3.8) is 0 Å². The van der Waals surface area contributed by atoms with E-state index in [9.17, 15) is 27.6 Å². The van der Waals surface area contributed by atoms with E-state index >= 15 is 0 Å². The van der Waals surface area contributed by atoms with E-state index in [-0.39, 0.29) is 85.7 Å². The number of benzene rings is 6. The zero-order valence-electron chi connectivity index (χ0n) is 64.0. The number of methoxy groups -OCH3 is 2. The van der Waals surface area contributed by atoms with Crippen LogP contribution in [0, 0.1) is 5.41 Å². The van der Waals surface area contributed by atoms with Crippen LogP contribution in [0.2, 0.25) is 0 Å². The van der Waals surface area contributed by atoms with Crippen LogP contribution in [0.15, 0.2) is 170 Å². The van der Waals surface area contributed by atoms with E-state index in [0.29, 0.717) is 104 Å². The van der Waals surface area contributed by atoms with Gasteiger partial charge in [-0.05, 0) is 182 Å². The number of hydrogen-bond donors (Lipinski definition) is 3. The number of anilines is 2. The summed E-state index contributed by atoms with van der Waals surface area (Å²) in [5.41, 5.74) is 4.77. The Morgan fingerprint density at radius 2 is 1.03 bits per heavy atom. The van der Waals surface area contributed by atoms with Crippen LogP contribution in [0.25, 0.3) is 21.8 Å². The average Bonchev–Trinajstić information content (AvgIpc) is 1.63. The molecule has 0 bridgehead atoms. The van der Waals surface area contributed by atoms with Gasteiger partial charge in [-0.2, -0.15) is 38.8 Å². The van der Waals surface area contributed by atoms with Gasteiger partial charge in [-0.3, -0.25) is 38.3 Å². The molecule has 4 aliphatic rings. The molecule has 6 heterocycles. The molecule has 2 atom stereocenters. The minimum absolute atomic E-state index is 0. The van der Waals surface area contributed by atoms with Crippen LogP contribution >= 0.6 is 0 Å². The molecule has 0 unspecified atom stereocenters. The van der Waals surface area contributed by atoms with E-state index in [1.54, 1.807) is 59.5 Å². The number of nitrogens with one attached hydrogen (secondary N) is 3. The molecule has 4 fully saturated rings. The average molecular weight is 1570 g/mol. The molecule has 2 amide bonds. The first-order valence-electron chi connectivity index (χ1n) is 36.5. The Labute approximate surface area is 676 Å². The molecule has 28 nitrogen and oxygen atoms in total. The maximum Gasteiger partial charge on any atom is 1.00 e. The van der Waals surface area contributed by atoms with Gasteiger partial charge in [0.25, 0.3) is 0 Å². The molecule has 10 aromatic rings. The molecule has 4 aromatic heterocycles. The molecule has 2 saturated carbocycles. The van der Waals surface area contributed by atoms with Crippen LogP contribution in [0.1, 0.15) is 89.2 Å². The van der Waals surface area contributed by atoms with Gasteiger partial charge in [-0.15, -0.1) is 5.10 Å². The first-order chi connectivity index (χ1) is 53.1. The largest absolute Gasteiger partial charge is 1.00 e. The van der Waals surface area contributed by atoms with Gasteiger partial charge in [0.15, 0.2) is 18.4 Å². The van der Waals surface area contributed by atoms with Crippen LogP contribution in [-0.2, 0) is 56.9 Å². The number of fused-ring (bicyclic) bond motifs is 2. The third-order valence-corrected chi connectivity index (χ3v) is 18.9. The number of likely N-dealkylation sites (tertiary alicyclic amines) is 2. The van der Waals surface area contributed by atoms with Gasteiger partial charge in [0.1, 0.15) is 64.9 Å². The van der Waals surface area contributed by atoms with Crippen molar-refractivity contribution in [1.82, 2.24) is 69.6 Å². The minimum atomic E-state index is -4.64. The van der Waals surface area contributed by atoms with Gasteiger partial charge in [-0.25, -0.2) is 4.68 Å². The van der Waals surface area contributed by atoms with Crippen molar-refractivity contribution in [2.24, 2.45) is 5.41 Å². The number of esters is 1. The monoisotopic (exact) mass is 1560 g/mol. The minimum Gasteiger partial charge on any atom is -0.870 e. The van der Waals surface area contributed by atoms with Gasteiger partial charge < -0.3 is 59.1 Å². The van der Waals surface area contributed by atoms with Crippen molar-refractivity contribution < 1.29 is 101 Å². The number of H-pyrrole nitrogens is 1. The second-order valence-electron chi connectivity index (χ2n) is 28.4. The molecule has 2 aliphatic heterocycles. The van der Waals surface area contributed by atoms with Crippen LogP contribution in [0.5, 0.6) is 46.0 Å². The van der Waals surface area contributed by atoms with Crippen molar-refractivity contribution in [2.45, 2.75) is 130 Å². The Balaban J connectivity index is 0.000000238. The predicted molar refractivity (Wildman–Crippen MR) is 415 cm³/mol. The molecule has 0 spiro atoms. The van der Waals surface area contributed by atoms with Gasteiger partial charge >= 0.3 is 41.7 Å². The molecular formula is C81H96F3N16NaO12. The fourth-order valence-corrected chi connectivity index (χ4v) is 12.4. The molecule has 2 saturated heterocycles. The number of nitrogens with zero attached hydrogens (tertiary/aromatic N) is 13. The maximum atomic E-state index is 13.1. The molecule has 594 valence electrons. The second-order valence-corrected chi connectivity index (χ2v) is 28.4. The summed E-state index contributed by atoms with van der Waals surface area (Å²) in [4.78, 5) is 55.4. The van der Waals surface area contributed by atoms with Gasteiger partial charge in [-0.1, -0.05) is 61.2 Å². The summed E-state index contributed by atoms with van der Waals surface area (Å²) >= 11 is 0. The molecule has 0 radical (unpaired) electrons. The number of likely N-dealkylation sites (N-methyl/N-ethyl adjacent to an activating group) is 2. The van der Waals surface area contributed by atoms with E-state index < -0.39 is 17.9 Å². The zero-order valence-corrected chi connectivity index (χ0v) is 66.0. The van der Waals surface area contributed by atoms with Gasteiger partial charge in [0, 0.05) is 75.6 Å². The number of alkyl halides is 3.